The van der Waals surface area contributed by atoms with Crippen LogP contribution in [0.15, 0.2) is 66.9 Å². The highest BCUT2D eigenvalue weighted by Gasteiger charge is 2.17. The largest absolute Gasteiger partial charge is 0.497 e. The third-order valence-electron chi connectivity index (χ3n) is 6.71. The minimum Gasteiger partial charge on any atom is -0.497 e. The number of nitrogens with zero attached hydrogens (tertiary/aromatic N) is 3. The summed E-state index contributed by atoms with van der Waals surface area (Å²) >= 11 is 6.49. The van der Waals surface area contributed by atoms with Crippen molar-refractivity contribution in [2.24, 2.45) is 0 Å². The van der Waals surface area contributed by atoms with Gasteiger partial charge in [0.25, 0.3) is 0 Å². The van der Waals surface area contributed by atoms with Gasteiger partial charge in [-0.2, -0.15) is 0 Å². The molecule has 192 valence electrons. The van der Waals surface area contributed by atoms with Crippen molar-refractivity contribution in [3.63, 3.8) is 0 Å². The zero-order chi connectivity index (χ0) is 25.6. The Morgan fingerprint density at radius 3 is 2.57 bits per heavy atom. The topological polar surface area (TPSA) is 68.1 Å². The smallest absolute Gasteiger partial charge is 0.220 e. The van der Waals surface area contributed by atoms with E-state index in [1.54, 1.807) is 7.11 Å². The molecule has 0 aliphatic carbocycles. The van der Waals surface area contributed by atoms with Crippen molar-refractivity contribution in [3.8, 4) is 28.1 Å². The Hall–Kier alpha value is -3.39. The molecule has 1 aliphatic heterocycles. The molecule has 2 aromatic heterocycles. The average molecular weight is 519 g/mol. The van der Waals surface area contributed by atoms with E-state index in [0.717, 1.165) is 72.3 Å². The maximum absolute atomic E-state index is 12.8. The second-order valence-corrected chi connectivity index (χ2v) is 9.47. The number of benzene rings is 2. The summed E-state index contributed by atoms with van der Waals surface area (Å²) in [6, 6.07) is 19.7. The van der Waals surface area contributed by atoms with E-state index < -0.39 is 0 Å². The normalized spacial score (nSPS) is 14.1. The van der Waals surface area contributed by atoms with Crippen molar-refractivity contribution in [1.82, 2.24) is 19.6 Å². The van der Waals surface area contributed by atoms with Crippen LogP contribution in [0, 0.1) is 0 Å². The van der Waals surface area contributed by atoms with Gasteiger partial charge in [0.1, 0.15) is 11.4 Å². The van der Waals surface area contributed by atoms with Gasteiger partial charge in [-0.25, -0.2) is 4.98 Å². The lowest BCUT2D eigenvalue weighted by atomic mass is 10.1. The van der Waals surface area contributed by atoms with Gasteiger partial charge in [-0.3, -0.25) is 9.69 Å². The Balaban J connectivity index is 1.40. The molecule has 8 heteroatoms. The van der Waals surface area contributed by atoms with Crippen molar-refractivity contribution in [2.45, 2.75) is 12.8 Å². The lowest BCUT2D eigenvalue weighted by molar-refractivity contribution is -0.121. The lowest BCUT2D eigenvalue weighted by Gasteiger charge is -2.26. The van der Waals surface area contributed by atoms with Crippen molar-refractivity contribution in [1.29, 1.82) is 0 Å². The first-order valence-corrected chi connectivity index (χ1v) is 13.0. The molecule has 37 heavy (non-hydrogen) atoms. The molecule has 1 amide bonds. The van der Waals surface area contributed by atoms with E-state index >= 15 is 0 Å². The molecule has 4 aromatic rings. The van der Waals surface area contributed by atoms with Gasteiger partial charge in [0.15, 0.2) is 0 Å². The van der Waals surface area contributed by atoms with E-state index in [1.807, 2.05) is 60.7 Å². The van der Waals surface area contributed by atoms with Crippen molar-refractivity contribution in [2.75, 3.05) is 46.5 Å². The molecule has 1 saturated heterocycles. The number of nitrogens with one attached hydrogen (secondary N) is 1. The number of aromatic nitrogens is 2. The highest BCUT2D eigenvalue weighted by atomic mass is 35.5. The SMILES string of the molecule is COc1ccc(-c2nc3ccc(-c4ccccc4Cl)cn3c2CCC(=O)NCCN2CCOCC2)cc1. The van der Waals surface area contributed by atoms with Gasteiger partial charge in [0.05, 0.1) is 31.7 Å². The van der Waals surface area contributed by atoms with E-state index in [0.29, 0.717) is 24.4 Å². The summed E-state index contributed by atoms with van der Waals surface area (Å²) in [5, 5.41) is 3.77. The highest BCUT2D eigenvalue weighted by molar-refractivity contribution is 6.33. The molecule has 0 atom stereocenters. The molecule has 1 N–H and O–H groups in total. The first kappa shape index (κ1) is 25.3. The monoisotopic (exact) mass is 518 g/mol. The maximum Gasteiger partial charge on any atom is 0.220 e. The molecule has 1 fully saturated rings. The number of imidazole rings is 1. The van der Waals surface area contributed by atoms with Crippen LogP contribution in [-0.4, -0.2) is 66.7 Å². The predicted octanol–water partition coefficient (Wildman–Crippen LogP) is 4.71. The number of morpholine rings is 1. The van der Waals surface area contributed by atoms with Gasteiger partial charge in [-0.15, -0.1) is 0 Å². The summed E-state index contributed by atoms with van der Waals surface area (Å²) in [6.45, 7) is 4.81. The van der Waals surface area contributed by atoms with E-state index in [4.69, 9.17) is 26.1 Å². The Bertz CT molecular complexity index is 1360. The first-order valence-electron chi connectivity index (χ1n) is 12.6. The Morgan fingerprint density at radius 1 is 1.05 bits per heavy atom. The van der Waals surface area contributed by atoms with E-state index in [1.165, 1.54) is 0 Å². The Labute approximate surface area is 222 Å². The fraction of sp³-hybridized carbons (Fsp3) is 0.310. The second-order valence-electron chi connectivity index (χ2n) is 9.07. The minimum atomic E-state index is 0.0335. The second kappa shape index (κ2) is 11.8. The molecule has 0 spiro atoms. The zero-order valence-corrected chi connectivity index (χ0v) is 21.7. The Kier molecular flexibility index (Phi) is 8.04. The summed E-state index contributed by atoms with van der Waals surface area (Å²) in [7, 11) is 1.65. The molecule has 3 heterocycles. The first-order chi connectivity index (χ1) is 18.1. The van der Waals surface area contributed by atoms with Crippen LogP contribution in [0.4, 0.5) is 0 Å². The van der Waals surface area contributed by atoms with Gasteiger partial charge in [-0.1, -0.05) is 29.8 Å². The van der Waals surface area contributed by atoms with Crippen LogP contribution in [-0.2, 0) is 16.0 Å². The van der Waals surface area contributed by atoms with Crippen LogP contribution in [0.25, 0.3) is 28.0 Å². The molecule has 1 aliphatic rings. The van der Waals surface area contributed by atoms with E-state index in [2.05, 4.69) is 20.8 Å². The number of halogens is 1. The van der Waals surface area contributed by atoms with Crippen LogP contribution >= 0.6 is 11.6 Å². The number of hydrogen-bond acceptors (Lipinski definition) is 5. The van der Waals surface area contributed by atoms with E-state index in [-0.39, 0.29) is 5.91 Å². The molecule has 2 aromatic carbocycles. The molecular weight excluding hydrogens is 488 g/mol. The zero-order valence-electron chi connectivity index (χ0n) is 21.0. The number of rotatable bonds is 9. The number of pyridine rings is 1. The average Bonchev–Trinajstić information content (AvgIpc) is 3.30. The third-order valence-corrected chi connectivity index (χ3v) is 7.04. The standard InChI is InChI=1S/C29H31ClN4O3/c1-36-23-9-6-21(7-10-23)29-26(11-13-28(35)31-14-15-33-16-18-37-19-17-33)34-20-22(8-12-27(34)32-29)24-4-2-3-5-25(24)30/h2-10,12,20H,11,13-19H2,1H3,(H,31,35). The molecule has 0 bridgehead atoms. The van der Waals surface area contributed by atoms with Crippen molar-refractivity contribution >= 4 is 23.2 Å². The number of carbonyl (C=O) groups is 1. The summed E-state index contributed by atoms with van der Waals surface area (Å²) in [5.74, 6) is 0.820. The highest BCUT2D eigenvalue weighted by Crippen LogP contribution is 2.31. The predicted molar refractivity (Wildman–Crippen MR) is 146 cm³/mol. The third kappa shape index (κ3) is 5.96. The molecule has 7 nitrogen and oxygen atoms in total. The number of ether oxygens (including phenoxy) is 2. The summed E-state index contributed by atoms with van der Waals surface area (Å²) in [6.07, 6.45) is 2.98. The van der Waals surface area contributed by atoms with Crippen LogP contribution < -0.4 is 10.1 Å². The summed E-state index contributed by atoms with van der Waals surface area (Å²) in [4.78, 5) is 20.0. The molecule has 0 saturated carbocycles. The minimum absolute atomic E-state index is 0.0335. The number of aryl methyl sites for hydroxylation is 1. The Morgan fingerprint density at radius 2 is 1.81 bits per heavy atom. The van der Waals surface area contributed by atoms with Crippen LogP contribution in [0.3, 0.4) is 0 Å². The molecule has 0 radical (unpaired) electrons. The maximum atomic E-state index is 12.8. The number of methoxy groups -OCH3 is 1. The van der Waals surface area contributed by atoms with Crippen LogP contribution in [0.2, 0.25) is 5.02 Å². The van der Waals surface area contributed by atoms with Crippen LogP contribution in [0.5, 0.6) is 5.75 Å². The number of amides is 1. The number of carbonyl (C=O) groups excluding carboxylic acids is 1. The van der Waals surface area contributed by atoms with Crippen molar-refractivity contribution < 1.29 is 14.3 Å². The van der Waals surface area contributed by atoms with E-state index in [9.17, 15) is 4.79 Å². The summed E-state index contributed by atoms with van der Waals surface area (Å²) < 4.78 is 12.8. The number of fused-ring (bicyclic) bond motifs is 1. The van der Waals surface area contributed by atoms with Gasteiger partial charge < -0.3 is 19.2 Å². The fourth-order valence-corrected chi connectivity index (χ4v) is 4.91. The quantitative estimate of drug-likeness (QED) is 0.347. The molecule has 0 unspecified atom stereocenters. The number of hydrogen-bond donors (Lipinski definition) is 1. The van der Waals surface area contributed by atoms with Gasteiger partial charge in [0.2, 0.25) is 5.91 Å². The van der Waals surface area contributed by atoms with Crippen LogP contribution in [0.1, 0.15) is 12.1 Å². The summed E-state index contributed by atoms with van der Waals surface area (Å²) in [5.41, 5.74) is 5.60. The van der Waals surface area contributed by atoms with Gasteiger partial charge >= 0.3 is 0 Å². The van der Waals surface area contributed by atoms with Crippen molar-refractivity contribution in [3.05, 3.63) is 77.6 Å². The fourth-order valence-electron chi connectivity index (χ4n) is 4.67. The molecular formula is C29H31ClN4O3. The van der Waals surface area contributed by atoms with Gasteiger partial charge in [0, 0.05) is 54.9 Å². The lowest BCUT2D eigenvalue weighted by Crippen LogP contribution is -2.41. The van der Waals surface area contributed by atoms with Gasteiger partial charge in [-0.05, 0) is 54.4 Å². The molecule has 5 rings (SSSR count).